The standard InChI is InChI=1S/C15H32.C13H10/c1-3-5-7-9-11-13-15-14-12-10-8-6-4-2;1-4-10-6-2-8-12-9-3-7-11(5-1)13(10)12/h3-15H2,1-2H3;1-8H,9H2. The van der Waals surface area contributed by atoms with Crippen molar-refractivity contribution in [3.05, 3.63) is 53.6 Å². The molecule has 0 fully saturated rings. The molecule has 0 saturated heterocycles. The second kappa shape index (κ2) is 14.4. The molecule has 28 heavy (non-hydrogen) atoms. The summed E-state index contributed by atoms with van der Waals surface area (Å²) in [4.78, 5) is 0. The molecule has 0 aromatic heterocycles. The van der Waals surface area contributed by atoms with Crippen molar-refractivity contribution in [3.8, 4) is 0 Å². The first-order chi connectivity index (χ1) is 13.9. The van der Waals surface area contributed by atoms with Crippen LogP contribution in [0.25, 0.3) is 16.8 Å². The fraction of sp³-hybridized carbons (Fsp3) is 0.571. The average molecular weight is 379 g/mol. The molecule has 2 aromatic carbocycles. The van der Waals surface area contributed by atoms with Gasteiger partial charge in [-0.1, -0.05) is 146 Å². The molecule has 1 aliphatic rings. The maximum Gasteiger partial charge on any atom is -0.00763 e. The van der Waals surface area contributed by atoms with E-state index in [1.165, 1.54) is 105 Å². The van der Waals surface area contributed by atoms with Crippen LogP contribution in [-0.4, -0.2) is 0 Å². The molecule has 0 heteroatoms. The van der Waals surface area contributed by atoms with Gasteiger partial charge in [0.25, 0.3) is 0 Å². The highest BCUT2D eigenvalue weighted by Crippen LogP contribution is 2.27. The minimum Gasteiger partial charge on any atom is -0.0795 e. The first kappa shape index (κ1) is 22.7. The number of unbranched alkanes of at least 4 members (excludes halogenated alkanes) is 12. The van der Waals surface area contributed by atoms with Gasteiger partial charge in [0, 0.05) is 0 Å². The Labute approximate surface area is 174 Å². The van der Waals surface area contributed by atoms with Gasteiger partial charge in [0.2, 0.25) is 0 Å². The van der Waals surface area contributed by atoms with E-state index in [0.29, 0.717) is 0 Å². The van der Waals surface area contributed by atoms with Crippen LogP contribution in [0.1, 0.15) is 108 Å². The second-order valence-corrected chi connectivity index (χ2v) is 8.36. The molecule has 0 bridgehead atoms. The van der Waals surface area contributed by atoms with Gasteiger partial charge in [-0.05, 0) is 28.3 Å². The summed E-state index contributed by atoms with van der Waals surface area (Å²) in [6.07, 6.45) is 24.5. The van der Waals surface area contributed by atoms with E-state index in [-0.39, 0.29) is 0 Å². The molecule has 0 nitrogen and oxygen atoms in total. The maximum absolute atomic E-state index is 2.29. The quantitative estimate of drug-likeness (QED) is 0.322. The Morgan fingerprint density at radius 3 is 1.64 bits per heavy atom. The van der Waals surface area contributed by atoms with Gasteiger partial charge < -0.3 is 0 Å². The zero-order valence-electron chi connectivity index (χ0n) is 18.5. The van der Waals surface area contributed by atoms with Crippen LogP contribution in [0.4, 0.5) is 0 Å². The van der Waals surface area contributed by atoms with E-state index in [1.807, 2.05) is 0 Å². The molecule has 1 aliphatic carbocycles. The third-order valence-electron chi connectivity index (χ3n) is 5.87. The lowest BCUT2D eigenvalue weighted by molar-refractivity contribution is 0.542. The zero-order chi connectivity index (χ0) is 19.9. The molecule has 0 atom stereocenters. The molecular weight excluding hydrogens is 336 g/mol. The zero-order valence-corrected chi connectivity index (χ0v) is 18.5. The van der Waals surface area contributed by atoms with Gasteiger partial charge in [-0.15, -0.1) is 0 Å². The predicted octanol–water partition coefficient (Wildman–Crippen LogP) is 9.51. The van der Waals surface area contributed by atoms with Crippen LogP contribution in [0.5, 0.6) is 0 Å². The van der Waals surface area contributed by atoms with Gasteiger partial charge >= 0.3 is 0 Å². The van der Waals surface area contributed by atoms with Crippen molar-refractivity contribution in [2.75, 3.05) is 0 Å². The highest BCUT2D eigenvalue weighted by Gasteiger charge is 2.06. The normalized spacial score (nSPS) is 12.1. The van der Waals surface area contributed by atoms with Crippen molar-refractivity contribution in [1.82, 2.24) is 0 Å². The van der Waals surface area contributed by atoms with Crippen molar-refractivity contribution in [2.24, 2.45) is 0 Å². The SMILES string of the molecule is C1=Cc2cccc3cccc(c23)C1.CCCCCCCCCCCCCCC. The summed E-state index contributed by atoms with van der Waals surface area (Å²) >= 11 is 0. The molecular formula is C28H42. The Morgan fingerprint density at radius 2 is 1.11 bits per heavy atom. The molecule has 0 amide bonds. The second-order valence-electron chi connectivity index (χ2n) is 8.36. The molecule has 0 saturated carbocycles. The molecule has 0 aliphatic heterocycles. The molecule has 0 N–H and O–H groups in total. The minimum atomic E-state index is 1.08. The first-order valence-corrected chi connectivity index (χ1v) is 12.0. The first-order valence-electron chi connectivity index (χ1n) is 12.0. The van der Waals surface area contributed by atoms with Crippen molar-refractivity contribution >= 4 is 16.8 Å². The van der Waals surface area contributed by atoms with Gasteiger partial charge in [-0.2, -0.15) is 0 Å². The average Bonchev–Trinajstić information content (AvgIpc) is 2.73. The molecule has 0 spiro atoms. The smallest absolute Gasteiger partial charge is 0.00763 e. The summed E-state index contributed by atoms with van der Waals surface area (Å²) in [5, 5.41) is 2.80. The Hall–Kier alpha value is -1.56. The minimum absolute atomic E-state index is 1.08. The van der Waals surface area contributed by atoms with Crippen molar-refractivity contribution in [1.29, 1.82) is 0 Å². The van der Waals surface area contributed by atoms with Crippen LogP contribution in [0, 0.1) is 0 Å². The molecule has 0 radical (unpaired) electrons. The van der Waals surface area contributed by atoms with Crippen LogP contribution >= 0.6 is 0 Å². The molecule has 3 rings (SSSR count). The largest absolute Gasteiger partial charge is 0.0795 e. The number of rotatable bonds is 12. The van der Waals surface area contributed by atoms with Gasteiger partial charge in [-0.25, -0.2) is 0 Å². The topological polar surface area (TPSA) is 0 Å². The summed E-state index contributed by atoms with van der Waals surface area (Å²) in [6.45, 7) is 4.58. The summed E-state index contributed by atoms with van der Waals surface area (Å²) < 4.78 is 0. The third-order valence-corrected chi connectivity index (χ3v) is 5.87. The highest BCUT2D eigenvalue weighted by molar-refractivity contribution is 5.94. The Morgan fingerprint density at radius 1 is 0.607 bits per heavy atom. The summed E-state index contributed by atoms with van der Waals surface area (Å²) in [5.74, 6) is 0. The van der Waals surface area contributed by atoms with E-state index >= 15 is 0 Å². The Kier molecular flexibility index (Phi) is 11.7. The van der Waals surface area contributed by atoms with Crippen LogP contribution < -0.4 is 0 Å². The molecule has 154 valence electrons. The lowest BCUT2D eigenvalue weighted by atomic mass is 9.93. The van der Waals surface area contributed by atoms with Crippen molar-refractivity contribution < 1.29 is 0 Å². The Balaban J connectivity index is 0.000000201. The summed E-state index contributed by atoms with van der Waals surface area (Å²) in [7, 11) is 0. The monoisotopic (exact) mass is 378 g/mol. The van der Waals surface area contributed by atoms with Crippen LogP contribution in [0.15, 0.2) is 42.5 Å². The van der Waals surface area contributed by atoms with Gasteiger partial charge in [0.15, 0.2) is 0 Å². The highest BCUT2D eigenvalue weighted by atomic mass is 14.1. The summed E-state index contributed by atoms with van der Waals surface area (Å²) in [5.41, 5.74) is 2.81. The molecule has 0 unspecified atom stereocenters. The van der Waals surface area contributed by atoms with Gasteiger partial charge in [-0.3, -0.25) is 0 Å². The van der Waals surface area contributed by atoms with E-state index < -0.39 is 0 Å². The van der Waals surface area contributed by atoms with Crippen LogP contribution in [0.2, 0.25) is 0 Å². The van der Waals surface area contributed by atoms with Crippen molar-refractivity contribution in [2.45, 2.75) is 104 Å². The van der Waals surface area contributed by atoms with Gasteiger partial charge in [0.1, 0.15) is 0 Å². The fourth-order valence-corrected chi connectivity index (χ4v) is 4.16. The predicted molar refractivity (Wildman–Crippen MR) is 128 cm³/mol. The summed E-state index contributed by atoms with van der Waals surface area (Å²) in [6, 6.07) is 13.0. The van der Waals surface area contributed by atoms with Crippen molar-refractivity contribution in [3.63, 3.8) is 0 Å². The maximum atomic E-state index is 2.29. The lowest BCUT2D eigenvalue weighted by Gasteiger charge is -2.11. The molecule has 0 heterocycles. The Bertz CT molecular complexity index is 662. The number of hydrogen-bond acceptors (Lipinski definition) is 0. The van der Waals surface area contributed by atoms with E-state index in [9.17, 15) is 0 Å². The molecule has 2 aromatic rings. The van der Waals surface area contributed by atoms with E-state index in [1.54, 1.807) is 0 Å². The van der Waals surface area contributed by atoms with E-state index in [2.05, 4.69) is 62.4 Å². The van der Waals surface area contributed by atoms with Crippen LogP contribution in [0.3, 0.4) is 0 Å². The van der Waals surface area contributed by atoms with E-state index in [0.717, 1.165) is 6.42 Å². The van der Waals surface area contributed by atoms with E-state index in [4.69, 9.17) is 0 Å². The van der Waals surface area contributed by atoms with Gasteiger partial charge in [0.05, 0.1) is 0 Å². The third kappa shape index (κ3) is 8.21. The lowest BCUT2D eigenvalue weighted by Crippen LogP contribution is -1.91. The number of allylic oxidation sites excluding steroid dienone is 1. The number of hydrogen-bond donors (Lipinski definition) is 0. The van der Waals surface area contributed by atoms with Crippen LogP contribution in [-0.2, 0) is 6.42 Å². The number of benzene rings is 2. The fourth-order valence-electron chi connectivity index (χ4n) is 4.16.